The van der Waals surface area contributed by atoms with Crippen LogP contribution in [0.3, 0.4) is 0 Å². The fourth-order valence-electron chi connectivity index (χ4n) is 3.22. The van der Waals surface area contributed by atoms with Crippen molar-refractivity contribution < 1.29 is 19.4 Å². The highest BCUT2D eigenvalue weighted by Gasteiger charge is 2.37. The van der Waals surface area contributed by atoms with Crippen molar-refractivity contribution in [3.8, 4) is 5.75 Å². The van der Waals surface area contributed by atoms with Gasteiger partial charge in [-0.2, -0.15) is 0 Å². The number of amides is 1. The van der Waals surface area contributed by atoms with Crippen molar-refractivity contribution >= 4 is 46.3 Å². The molecule has 1 amide bonds. The molecular weight excluding hydrogens is 370 g/mol. The summed E-state index contributed by atoms with van der Waals surface area (Å²) in [6, 6.07) is 7.30. The number of nitrogens with zero attached hydrogens (tertiary/aromatic N) is 1. The standard InChI is InChI=1S/C19H21NO4S2/c1-12(18(22)23)24-15-10-6-5-7-13(15)11-16-17(21)20(19(25)26-16)14-8-3-2-4-9-14/h5-7,10-12,14H,2-4,8-9H2,1H3,(H,22,23)/b16-11+. The molecule has 26 heavy (non-hydrogen) atoms. The van der Waals surface area contributed by atoms with E-state index in [1.807, 2.05) is 6.07 Å². The Morgan fingerprint density at radius 3 is 2.73 bits per heavy atom. The highest BCUT2D eigenvalue weighted by molar-refractivity contribution is 8.26. The molecule has 1 aromatic rings. The minimum atomic E-state index is -1.04. The van der Waals surface area contributed by atoms with Gasteiger partial charge in [0.05, 0.1) is 4.91 Å². The zero-order chi connectivity index (χ0) is 18.7. The van der Waals surface area contributed by atoms with Crippen molar-refractivity contribution in [1.82, 2.24) is 4.90 Å². The van der Waals surface area contributed by atoms with Crippen LogP contribution in [-0.4, -0.2) is 38.3 Å². The number of para-hydroxylation sites is 1. The van der Waals surface area contributed by atoms with Crippen LogP contribution in [0.4, 0.5) is 0 Å². The van der Waals surface area contributed by atoms with Crippen LogP contribution in [0.5, 0.6) is 5.75 Å². The second kappa shape index (κ2) is 8.22. The number of hydrogen-bond acceptors (Lipinski definition) is 5. The van der Waals surface area contributed by atoms with Crippen LogP contribution in [0, 0.1) is 0 Å². The first-order valence-corrected chi connectivity index (χ1v) is 9.95. The van der Waals surface area contributed by atoms with E-state index in [1.54, 1.807) is 29.2 Å². The number of thiocarbonyl (C=S) groups is 1. The molecule has 0 aromatic heterocycles. The molecule has 1 atom stereocenters. The minimum absolute atomic E-state index is 0.0620. The molecule has 2 aliphatic rings. The zero-order valence-electron chi connectivity index (χ0n) is 14.5. The Morgan fingerprint density at radius 2 is 2.04 bits per heavy atom. The maximum absolute atomic E-state index is 12.9. The lowest BCUT2D eigenvalue weighted by atomic mass is 9.94. The predicted molar refractivity (Wildman–Crippen MR) is 106 cm³/mol. The second-order valence-corrected chi connectivity index (χ2v) is 8.16. The van der Waals surface area contributed by atoms with Gasteiger partial charge in [-0.3, -0.25) is 9.69 Å². The lowest BCUT2D eigenvalue weighted by Gasteiger charge is -2.29. The van der Waals surface area contributed by atoms with E-state index in [2.05, 4.69) is 0 Å². The summed E-state index contributed by atoms with van der Waals surface area (Å²) < 4.78 is 6.11. The smallest absolute Gasteiger partial charge is 0.344 e. The van der Waals surface area contributed by atoms with Crippen LogP contribution in [0.1, 0.15) is 44.6 Å². The Balaban J connectivity index is 1.83. The summed E-state index contributed by atoms with van der Waals surface area (Å²) >= 11 is 6.75. The van der Waals surface area contributed by atoms with E-state index in [4.69, 9.17) is 22.1 Å². The quantitative estimate of drug-likeness (QED) is 0.603. The first-order valence-electron chi connectivity index (χ1n) is 8.73. The molecule has 138 valence electrons. The molecule has 7 heteroatoms. The van der Waals surface area contributed by atoms with Crippen LogP contribution in [0.25, 0.3) is 6.08 Å². The van der Waals surface area contributed by atoms with Crippen molar-refractivity contribution in [3.05, 3.63) is 34.7 Å². The normalized spacial score (nSPS) is 21.3. The molecule has 1 N–H and O–H groups in total. The molecule has 0 radical (unpaired) electrons. The van der Waals surface area contributed by atoms with Crippen molar-refractivity contribution in [2.75, 3.05) is 0 Å². The van der Waals surface area contributed by atoms with Gasteiger partial charge in [0, 0.05) is 11.6 Å². The molecule has 2 fully saturated rings. The van der Waals surface area contributed by atoms with Gasteiger partial charge in [-0.05, 0) is 31.9 Å². The Labute approximate surface area is 162 Å². The number of carboxylic acids is 1. The number of hydrogen-bond donors (Lipinski definition) is 1. The summed E-state index contributed by atoms with van der Waals surface area (Å²) in [7, 11) is 0. The largest absolute Gasteiger partial charge is 0.479 e. The van der Waals surface area contributed by atoms with Gasteiger partial charge >= 0.3 is 5.97 Å². The Morgan fingerprint density at radius 1 is 1.35 bits per heavy atom. The number of rotatable bonds is 5. The summed E-state index contributed by atoms with van der Waals surface area (Å²) in [5.74, 6) is -0.665. The number of ether oxygens (including phenoxy) is 1. The predicted octanol–water partition coefficient (Wildman–Crippen LogP) is 4.07. The third-order valence-electron chi connectivity index (χ3n) is 4.62. The van der Waals surface area contributed by atoms with Gasteiger partial charge in [0.25, 0.3) is 5.91 Å². The zero-order valence-corrected chi connectivity index (χ0v) is 16.1. The Hall–Kier alpha value is -1.86. The van der Waals surface area contributed by atoms with E-state index in [0.29, 0.717) is 20.5 Å². The fourth-order valence-corrected chi connectivity index (χ4v) is 4.61. The van der Waals surface area contributed by atoms with Crippen LogP contribution < -0.4 is 4.74 Å². The van der Waals surface area contributed by atoms with Crippen molar-refractivity contribution in [2.45, 2.75) is 51.2 Å². The van der Waals surface area contributed by atoms with Crippen LogP contribution >= 0.6 is 24.0 Å². The minimum Gasteiger partial charge on any atom is -0.479 e. The molecule has 3 rings (SSSR count). The molecule has 1 aliphatic heterocycles. The first-order chi connectivity index (χ1) is 12.5. The highest BCUT2D eigenvalue weighted by atomic mass is 32.2. The van der Waals surface area contributed by atoms with E-state index in [9.17, 15) is 9.59 Å². The molecule has 0 bridgehead atoms. The van der Waals surface area contributed by atoms with Gasteiger partial charge in [0.15, 0.2) is 6.10 Å². The number of carboxylic acid groups (broad SMARTS) is 1. The van der Waals surface area contributed by atoms with Crippen molar-refractivity contribution in [1.29, 1.82) is 0 Å². The molecule has 0 spiro atoms. The van der Waals surface area contributed by atoms with Gasteiger partial charge in [-0.15, -0.1) is 0 Å². The number of thioether (sulfide) groups is 1. The van der Waals surface area contributed by atoms with E-state index < -0.39 is 12.1 Å². The maximum Gasteiger partial charge on any atom is 0.344 e. The van der Waals surface area contributed by atoms with E-state index >= 15 is 0 Å². The van der Waals surface area contributed by atoms with Crippen LogP contribution in [-0.2, 0) is 9.59 Å². The lowest BCUT2D eigenvalue weighted by Crippen LogP contribution is -2.39. The van der Waals surface area contributed by atoms with E-state index in [1.165, 1.54) is 25.1 Å². The Kier molecular flexibility index (Phi) is 5.98. The van der Waals surface area contributed by atoms with Gasteiger partial charge in [0.1, 0.15) is 10.1 Å². The van der Waals surface area contributed by atoms with Gasteiger partial charge < -0.3 is 9.84 Å². The van der Waals surface area contributed by atoms with Crippen molar-refractivity contribution in [2.24, 2.45) is 0 Å². The number of carbonyl (C=O) groups is 2. The molecule has 1 saturated heterocycles. The molecule has 1 unspecified atom stereocenters. The maximum atomic E-state index is 12.9. The Bertz CT molecular complexity index is 756. The molecular formula is C19H21NO4S2. The van der Waals surface area contributed by atoms with Gasteiger partial charge in [0.2, 0.25) is 0 Å². The molecule has 1 aliphatic carbocycles. The molecule has 5 nitrogen and oxygen atoms in total. The van der Waals surface area contributed by atoms with E-state index in [-0.39, 0.29) is 11.9 Å². The number of benzene rings is 1. The summed E-state index contributed by atoms with van der Waals surface area (Å²) in [4.78, 5) is 26.2. The molecule has 1 aromatic carbocycles. The third kappa shape index (κ3) is 4.10. The highest BCUT2D eigenvalue weighted by Crippen LogP contribution is 2.38. The second-order valence-electron chi connectivity index (χ2n) is 6.48. The molecule has 1 saturated carbocycles. The average molecular weight is 392 g/mol. The van der Waals surface area contributed by atoms with Crippen LogP contribution in [0.15, 0.2) is 29.2 Å². The summed E-state index contributed by atoms with van der Waals surface area (Å²) in [6.45, 7) is 1.47. The first kappa shape index (κ1) is 18.9. The van der Waals surface area contributed by atoms with Crippen LogP contribution in [0.2, 0.25) is 0 Å². The number of carbonyl (C=O) groups excluding carboxylic acids is 1. The summed E-state index contributed by atoms with van der Waals surface area (Å²) in [5.41, 5.74) is 0.671. The average Bonchev–Trinajstić information content (AvgIpc) is 2.90. The van der Waals surface area contributed by atoms with Crippen molar-refractivity contribution in [3.63, 3.8) is 0 Å². The third-order valence-corrected chi connectivity index (χ3v) is 5.95. The monoisotopic (exact) mass is 391 g/mol. The summed E-state index contributed by atoms with van der Waals surface area (Å²) in [5, 5.41) is 9.05. The SMILES string of the molecule is CC(Oc1ccccc1/C=C1/SC(=S)N(C2CCCCC2)C1=O)C(=O)O. The summed E-state index contributed by atoms with van der Waals surface area (Å²) in [6.07, 6.45) is 6.24. The van der Waals surface area contributed by atoms with Gasteiger partial charge in [-0.1, -0.05) is 61.4 Å². The number of aliphatic carboxylic acids is 1. The topological polar surface area (TPSA) is 66.8 Å². The molecule has 1 heterocycles. The van der Waals surface area contributed by atoms with E-state index in [0.717, 1.165) is 25.7 Å². The lowest BCUT2D eigenvalue weighted by molar-refractivity contribution is -0.144. The fraction of sp³-hybridized carbons (Fsp3) is 0.421. The van der Waals surface area contributed by atoms with Gasteiger partial charge in [-0.25, -0.2) is 4.79 Å².